The van der Waals surface area contributed by atoms with Crippen LogP contribution in [0, 0.1) is 36.7 Å². The topological polar surface area (TPSA) is 77.4 Å². The highest BCUT2D eigenvalue weighted by atomic mass is 127. The van der Waals surface area contributed by atoms with Crippen molar-refractivity contribution in [1.29, 1.82) is 0 Å². The maximum absolute atomic E-state index is 8.65. The minimum Gasteiger partial charge on any atom is -0.508 e. The molecule has 5 unspecified atom stereocenters. The van der Waals surface area contributed by atoms with Gasteiger partial charge in [0.25, 0.3) is 0 Å². The van der Waals surface area contributed by atoms with E-state index in [0.29, 0.717) is 23.7 Å². The molecule has 65 heavy (non-hydrogen) atoms. The van der Waals surface area contributed by atoms with Gasteiger partial charge < -0.3 is 29.2 Å². The molecule has 6 nitrogen and oxygen atoms in total. The molecule has 0 aliphatic rings. The van der Waals surface area contributed by atoms with E-state index in [1.54, 1.807) is 0 Å². The summed E-state index contributed by atoms with van der Waals surface area (Å²) in [6.45, 7) is 25.8. The molecule has 2 N–H and O–H groups in total. The predicted octanol–water partition coefficient (Wildman–Crippen LogP) is 18.9. The average Bonchev–Trinajstić information content (AvgIpc) is 3.32. The van der Waals surface area contributed by atoms with Gasteiger partial charge in [0.05, 0.1) is 33.6 Å². The van der Waals surface area contributed by atoms with Gasteiger partial charge in [0.1, 0.15) is 34.5 Å². The Morgan fingerprint density at radius 3 is 1.05 bits per heavy atom. The summed E-state index contributed by atoms with van der Waals surface area (Å²) >= 11 is 8.25. The standard InChI is InChI=1S/C22H36I2O2.C20H34O2.C8H17Br.C6H6O2/c1-5-9-11-17(7-3)15-25-21-13-20(24)22(14-19(21)23)26-16-18(8-4)12-10-6-2;1-5-7-9-17(3)15-21-19-11-13-20(14-12-19)22-16-18(4)10-8-6-2;1-3-5-6-8(4-2)7-9;7-5-1-2-6(8)4-3-5/h13-14,17-18H,5-12,15-16H2,1-4H3;11-14,17-18H,5-10,15-16H2,1-4H3;8H,3-7H2,1-2H3;1-4,7-8H. The second-order valence-corrected chi connectivity index (χ2v) is 20.8. The van der Waals surface area contributed by atoms with Gasteiger partial charge in [-0.05, 0) is 168 Å². The Morgan fingerprint density at radius 2 is 0.754 bits per heavy atom. The number of benzene rings is 3. The van der Waals surface area contributed by atoms with Crippen molar-refractivity contribution in [3.8, 4) is 34.5 Å². The SMILES string of the molecule is CCCCC(C)COc1ccc(OCC(C)CCCC)cc1.CCCCC(CC)CBr.CCCCC(CC)COc1cc(I)c(OCC(CC)CCCC)cc1I.Oc1ccc(O)cc1. The van der Waals surface area contributed by atoms with Crippen LogP contribution >= 0.6 is 61.1 Å². The van der Waals surface area contributed by atoms with Gasteiger partial charge >= 0.3 is 0 Å². The van der Waals surface area contributed by atoms with E-state index < -0.39 is 0 Å². The van der Waals surface area contributed by atoms with Crippen LogP contribution in [0.15, 0.2) is 60.7 Å². The van der Waals surface area contributed by atoms with Gasteiger partial charge in [-0.1, -0.05) is 169 Å². The van der Waals surface area contributed by atoms with E-state index in [-0.39, 0.29) is 11.5 Å². The van der Waals surface area contributed by atoms with E-state index in [2.05, 4.69) is 142 Å². The summed E-state index contributed by atoms with van der Waals surface area (Å²) in [6.07, 6.45) is 23.0. The number of hydrogen-bond donors (Lipinski definition) is 2. The second-order valence-electron chi connectivity index (χ2n) is 17.8. The minimum atomic E-state index is 0.169. The maximum Gasteiger partial charge on any atom is 0.133 e. The summed E-state index contributed by atoms with van der Waals surface area (Å²) in [5.41, 5.74) is 0. The van der Waals surface area contributed by atoms with Crippen LogP contribution in [0.2, 0.25) is 0 Å². The molecule has 0 amide bonds. The molecule has 0 heterocycles. The van der Waals surface area contributed by atoms with Crippen molar-refractivity contribution in [3.63, 3.8) is 0 Å². The van der Waals surface area contributed by atoms with Crippen molar-refractivity contribution >= 4 is 61.1 Å². The molecule has 3 rings (SSSR count). The van der Waals surface area contributed by atoms with E-state index in [9.17, 15) is 0 Å². The van der Waals surface area contributed by atoms with E-state index in [1.807, 2.05) is 24.3 Å². The second kappa shape index (κ2) is 42.5. The van der Waals surface area contributed by atoms with Crippen LogP contribution in [-0.2, 0) is 0 Å². The first kappa shape index (κ1) is 63.4. The third-order valence-corrected chi connectivity index (χ3v) is 14.2. The third kappa shape index (κ3) is 33.5. The fourth-order valence-electron chi connectivity index (χ4n) is 6.66. The number of hydrogen-bond acceptors (Lipinski definition) is 6. The summed E-state index contributed by atoms with van der Waals surface area (Å²) in [5.74, 6) is 7.68. The number of alkyl halides is 1. The van der Waals surface area contributed by atoms with E-state index in [0.717, 1.165) is 62.5 Å². The first-order valence-corrected chi connectivity index (χ1v) is 28.8. The maximum atomic E-state index is 8.65. The fourth-order valence-corrected chi connectivity index (χ4v) is 8.63. The molecule has 0 aliphatic carbocycles. The highest BCUT2D eigenvalue weighted by Crippen LogP contribution is 2.33. The van der Waals surface area contributed by atoms with Crippen LogP contribution in [0.1, 0.15) is 185 Å². The van der Waals surface area contributed by atoms with Crippen molar-refractivity contribution in [2.45, 2.75) is 185 Å². The molecule has 3 aromatic rings. The Hall–Kier alpha value is -1.60. The summed E-state index contributed by atoms with van der Waals surface area (Å²) in [5, 5.41) is 18.5. The summed E-state index contributed by atoms with van der Waals surface area (Å²) < 4.78 is 26.3. The molecule has 0 aromatic heterocycles. The molecule has 374 valence electrons. The van der Waals surface area contributed by atoms with Gasteiger partial charge in [0, 0.05) is 5.33 Å². The van der Waals surface area contributed by atoms with Gasteiger partial charge in [-0.3, -0.25) is 0 Å². The minimum absolute atomic E-state index is 0.169. The Labute approximate surface area is 435 Å². The average molecular weight is 1200 g/mol. The summed E-state index contributed by atoms with van der Waals surface area (Å²) in [7, 11) is 0. The number of ether oxygens (including phenoxy) is 4. The number of unbranched alkanes of at least 4 members (excludes halogenated alkanes) is 5. The number of phenols is 2. The lowest BCUT2D eigenvalue weighted by Crippen LogP contribution is -2.13. The van der Waals surface area contributed by atoms with Crippen LogP contribution in [-0.4, -0.2) is 42.0 Å². The highest BCUT2D eigenvalue weighted by molar-refractivity contribution is 14.1. The van der Waals surface area contributed by atoms with Crippen LogP contribution < -0.4 is 18.9 Å². The van der Waals surface area contributed by atoms with Crippen LogP contribution in [0.4, 0.5) is 0 Å². The zero-order valence-corrected chi connectivity index (χ0v) is 48.5. The normalized spacial score (nSPS) is 13.0. The monoisotopic (exact) mass is 1190 g/mol. The lowest BCUT2D eigenvalue weighted by molar-refractivity contribution is 0.225. The molecule has 0 aliphatic heterocycles. The smallest absolute Gasteiger partial charge is 0.133 e. The van der Waals surface area contributed by atoms with Gasteiger partial charge in [-0.2, -0.15) is 0 Å². The number of rotatable bonds is 31. The zero-order chi connectivity index (χ0) is 48.7. The molecule has 0 bridgehead atoms. The van der Waals surface area contributed by atoms with Gasteiger partial charge in [-0.15, -0.1) is 0 Å². The van der Waals surface area contributed by atoms with Crippen LogP contribution in [0.5, 0.6) is 34.5 Å². The Bertz CT molecular complexity index is 1400. The fraction of sp³-hybridized carbons (Fsp3) is 0.679. The molecular formula is C56H93BrI2O6. The van der Waals surface area contributed by atoms with Crippen LogP contribution in [0.3, 0.4) is 0 Å². The van der Waals surface area contributed by atoms with Crippen molar-refractivity contribution < 1.29 is 29.2 Å². The first-order chi connectivity index (χ1) is 31.3. The number of halogens is 3. The number of aromatic hydroxyl groups is 2. The quantitative estimate of drug-likeness (QED) is 0.0380. The summed E-state index contributed by atoms with van der Waals surface area (Å²) in [6, 6.07) is 18.0. The lowest BCUT2D eigenvalue weighted by Gasteiger charge is -2.19. The van der Waals surface area contributed by atoms with E-state index >= 15 is 0 Å². The lowest BCUT2D eigenvalue weighted by atomic mass is 10.0. The Morgan fingerprint density at radius 1 is 0.446 bits per heavy atom. The Balaban J connectivity index is 0.000000935. The van der Waals surface area contributed by atoms with Gasteiger partial charge in [-0.25, -0.2) is 0 Å². The van der Waals surface area contributed by atoms with E-state index in [1.165, 1.54) is 145 Å². The van der Waals surface area contributed by atoms with Crippen molar-refractivity contribution in [1.82, 2.24) is 0 Å². The van der Waals surface area contributed by atoms with Gasteiger partial charge in [0.2, 0.25) is 0 Å². The molecule has 0 fully saturated rings. The van der Waals surface area contributed by atoms with Crippen molar-refractivity contribution in [3.05, 3.63) is 67.8 Å². The van der Waals surface area contributed by atoms with Crippen molar-refractivity contribution in [2.75, 3.05) is 31.8 Å². The Kier molecular flexibility index (Phi) is 41.5. The molecule has 0 radical (unpaired) electrons. The molecule has 0 saturated heterocycles. The highest BCUT2D eigenvalue weighted by Gasteiger charge is 2.14. The molecule has 0 spiro atoms. The van der Waals surface area contributed by atoms with E-state index in [4.69, 9.17) is 29.2 Å². The van der Waals surface area contributed by atoms with Crippen molar-refractivity contribution in [2.24, 2.45) is 29.6 Å². The summed E-state index contributed by atoms with van der Waals surface area (Å²) in [4.78, 5) is 0. The molecular weight excluding hydrogens is 1100 g/mol. The van der Waals surface area contributed by atoms with Crippen LogP contribution in [0.25, 0.3) is 0 Å². The number of phenolic OH excluding ortho intramolecular Hbond substituents is 2. The molecule has 3 aromatic carbocycles. The predicted molar refractivity (Wildman–Crippen MR) is 301 cm³/mol. The first-order valence-electron chi connectivity index (χ1n) is 25.5. The van der Waals surface area contributed by atoms with Gasteiger partial charge in [0.15, 0.2) is 0 Å². The molecule has 5 atom stereocenters. The molecule has 0 saturated carbocycles. The third-order valence-electron chi connectivity index (χ3n) is 11.6. The largest absolute Gasteiger partial charge is 0.508 e. The molecule has 9 heteroatoms. The zero-order valence-electron chi connectivity index (χ0n) is 42.6.